The van der Waals surface area contributed by atoms with E-state index in [2.05, 4.69) is 28.2 Å². The summed E-state index contributed by atoms with van der Waals surface area (Å²) < 4.78 is 2.04. The van der Waals surface area contributed by atoms with Crippen LogP contribution >= 0.6 is 24.0 Å². The molecule has 0 bridgehead atoms. The standard InChI is InChI=1S/C7H5NS2.C3H8N2/c9-7-8-5-3-1-2-4-6(5)10-7;1-2-5-3-4-1/h1-4H,(H,8,9);4-5H,1-3H2. The van der Waals surface area contributed by atoms with Gasteiger partial charge in [-0.1, -0.05) is 12.1 Å². The summed E-state index contributed by atoms with van der Waals surface area (Å²) in [5.41, 5.74) is 1.04. The first kappa shape index (κ1) is 10.9. The highest BCUT2D eigenvalue weighted by Gasteiger charge is 1.96. The molecule has 3 rings (SSSR count). The van der Waals surface area contributed by atoms with Crippen LogP contribution in [0.4, 0.5) is 0 Å². The largest absolute Gasteiger partial charge is 0.303 e. The third-order valence-corrected chi connectivity index (χ3v) is 3.22. The minimum Gasteiger partial charge on any atom is -0.303 e. The van der Waals surface area contributed by atoms with Crippen molar-refractivity contribution in [2.24, 2.45) is 0 Å². The topological polar surface area (TPSA) is 37.0 Å². The highest BCUT2D eigenvalue weighted by atomic mass is 32.2. The zero-order chi connectivity index (χ0) is 10.5. The molecule has 1 aliphatic rings. The van der Waals surface area contributed by atoms with Crippen LogP contribution in [-0.2, 0) is 0 Å². The van der Waals surface area contributed by atoms with Gasteiger partial charge >= 0.3 is 0 Å². The molecular formula is C10H13N3S2. The summed E-state index contributed by atoms with van der Waals surface area (Å²) in [6, 6.07) is 8.03. The molecule has 80 valence electrons. The summed E-state index contributed by atoms with van der Waals surface area (Å²) in [6.45, 7) is 3.28. The molecule has 0 aliphatic carbocycles. The summed E-state index contributed by atoms with van der Waals surface area (Å²) in [5.74, 6) is 0. The minimum atomic E-state index is 0.834. The Morgan fingerprint density at radius 3 is 2.53 bits per heavy atom. The van der Waals surface area contributed by atoms with Crippen LogP contribution in [0.1, 0.15) is 0 Å². The number of hydrogen-bond donors (Lipinski definition) is 3. The summed E-state index contributed by atoms with van der Waals surface area (Å²) in [4.78, 5) is 4.20. The molecule has 0 radical (unpaired) electrons. The van der Waals surface area contributed by atoms with Crippen molar-refractivity contribution >= 4 is 34.2 Å². The first-order valence-electron chi connectivity index (χ1n) is 4.82. The van der Waals surface area contributed by atoms with Crippen LogP contribution in [-0.4, -0.2) is 24.7 Å². The van der Waals surface area contributed by atoms with E-state index in [1.807, 2.05) is 24.3 Å². The Kier molecular flexibility index (Phi) is 3.96. The number of nitrogens with one attached hydrogen (secondary N) is 2. The lowest BCUT2D eigenvalue weighted by Gasteiger charge is -1.80. The van der Waals surface area contributed by atoms with Crippen LogP contribution in [0.5, 0.6) is 0 Å². The predicted molar refractivity (Wildman–Crippen MR) is 67.7 cm³/mol. The van der Waals surface area contributed by atoms with Gasteiger partial charge in [-0.25, -0.2) is 4.98 Å². The van der Waals surface area contributed by atoms with Crippen molar-refractivity contribution in [3.63, 3.8) is 0 Å². The summed E-state index contributed by atoms with van der Waals surface area (Å²) in [5, 5.41) is 6.22. The quantitative estimate of drug-likeness (QED) is 0.613. The van der Waals surface area contributed by atoms with E-state index in [1.165, 1.54) is 4.70 Å². The Bertz CT molecular complexity index is 383. The van der Waals surface area contributed by atoms with Gasteiger partial charge in [-0.05, 0) is 12.1 Å². The van der Waals surface area contributed by atoms with Gasteiger partial charge in [0.25, 0.3) is 0 Å². The van der Waals surface area contributed by atoms with E-state index in [9.17, 15) is 0 Å². The maximum absolute atomic E-state index is 4.20. The second-order valence-electron chi connectivity index (χ2n) is 3.14. The van der Waals surface area contributed by atoms with Crippen molar-refractivity contribution in [3.8, 4) is 0 Å². The van der Waals surface area contributed by atoms with Gasteiger partial charge in [0.05, 0.1) is 10.2 Å². The number of thiazole rings is 1. The Balaban J connectivity index is 0.000000144. The van der Waals surface area contributed by atoms with E-state index in [1.54, 1.807) is 11.3 Å². The smallest absolute Gasteiger partial charge is 0.148 e. The molecule has 3 nitrogen and oxygen atoms in total. The number of rotatable bonds is 0. The lowest BCUT2D eigenvalue weighted by molar-refractivity contribution is 0.807. The van der Waals surface area contributed by atoms with E-state index in [0.29, 0.717) is 0 Å². The molecule has 0 amide bonds. The second-order valence-corrected chi connectivity index (χ2v) is 4.90. The number of benzene rings is 1. The molecule has 1 aromatic heterocycles. The molecule has 2 N–H and O–H groups in total. The third-order valence-electron chi connectivity index (χ3n) is 2.01. The SMILES string of the molecule is C1CNCN1.Sc1nc2ccccc2s1. The van der Waals surface area contributed by atoms with E-state index < -0.39 is 0 Å². The van der Waals surface area contributed by atoms with Gasteiger partial charge in [-0.15, -0.1) is 24.0 Å². The number of hydrogen-bond acceptors (Lipinski definition) is 5. The van der Waals surface area contributed by atoms with Crippen molar-refractivity contribution in [1.29, 1.82) is 0 Å². The fraction of sp³-hybridized carbons (Fsp3) is 0.300. The van der Waals surface area contributed by atoms with E-state index in [4.69, 9.17) is 0 Å². The summed E-state index contributed by atoms with van der Waals surface area (Å²) in [6.07, 6.45) is 0. The van der Waals surface area contributed by atoms with Gasteiger partial charge in [0.1, 0.15) is 4.34 Å². The molecule has 2 aromatic rings. The van der Waals surface area contributed by atoms with Gasteiger partial charge in [0.15, 0.2) is 0 Å². The molecule has 0 unspecified atom stereocenters. The first-order valence-corrected chi connectivity index (χ1v) is 6.08. The number of nitrogens with zero attached hydrogens (tertiary/aromatic N) is 1. The van der Waals surface area contributed by atoms with Crippen LogP contribution in [0.25, 0.3) is 10.2 Å². The molecule has 1 aliphatic heterocycles. The first-order chi connectivity index (χ1) is 7.36. The Hall–Kier alpha value is -0.620. The van der Waals surface area contributed by atoms with Gasteiger partial charge in [-0.3, -0.25) is 0 Å². The van der Waals surface area contributed by atoms with Crippen LogP contribution < -0.4 is 10.6 Å². The molecule has 0 saturated carbocycles. The molecule has 0 atom stereocenters. The Morgan fingerprint density at radius 1 is 1.20 bits per heavy atom. The van der Waals surface area contributed by atoms with Crippen LogP contribution in [0, 0.1) is 0 Å². The lowest BCUT2D eigenvalue weighted by Crippen LogP contribution is -2.11. The molecule has 1 fully saturated rings. The highest BCUT2D eigenvalue weighted by Crippen LogP contribution is 2.23. The maximum Gasteiger partial charge on any atom is 0.148 e. The molecule has 15 heavy (non-hydrogen) atoms. The third kappa shape index (κ3) is 3.17. The highest BCUT2D eigenvalue weighted by molar-refractivity contribution is 7.82. The molecule has 1 aromatic carbocycles. The Morgan fingerprint density at radius 2 is 1.93 bits per heavy atom. The van der Waals surface area contributed by atoms with Crippen LogP contribution in [0.3, 0.4) is 0 Å². The van der Waals surface area contributed by atoms with Crippen LogP contribution in [0.2, 0.25) is 0 Å². The average molecular weight is 239 g/mol. The fourth-order valence-corrected chi connectivity index (χ4v) is 2.41. The number of fused-ring (bicyclic) bond motifs is 1. The maximum atomic E-state index is 4.20. The zero-order valence-electron chi connectivity index (χ0n) is 8.23. The minimum absolute atomic E-state index is 0.834. The van der Waals surface area contributed by atoms with Crippen molar-refractivity contribution in [2.45, 2.75) is 4.34 Å². The Labute approximate surface area is 98.3 Å². The molecule has 0 spiro atoms. The van der Waals surface area contributed by atoms with Gasteiger partial charge < -0.3 is 10.6 Å². The van der Waals surface area contributed by atoms with Crippen molar-refractivity contribution < 1.29 is 0 Å². The van der Waals surface area contributed by atoms with Crippen molar-refractivity contribution in [1.82, 2.24) is 15.6 Å². The van der Waals surface area contributed by atoms with Gasteiger partial charge in [0, 0.05) is 19.8 Å². The van der Waals surface area contributed by atoms with Crippen molar-refractivity contribution in [2.75, 3.05) is 19.8 Å². The summed E-state index contributed by atoms with van der Waals surface area (Å²) >= 11 is 5.76. The van der Waals surface area contributed by atoms with E-state index in [-0.39, 0.29) is 0 Å². The van der Waals surface area contributed by atoms with Crippen LogP contribution in [0.15, 0.2) is 28.6 Å². The van der Waals surface area contributed by atoms with Gasteiger partial charge in [-0.2, -0.15) is 0 Å². The molecular weight excluding hydrogens is 226 g/mol. The average Bonchev–Trinajstić information content (AvgIpc) is 2.87. The fourth-order valence-electron chi connectivity index (χ4n) is 1.30. The summed E-state index contributed by atoms with van der Waals surface area (Å²) in [7, 11) is 0. The van der Waals surface area contributed by atoms with E-state index >= 15 is 0 Å². The number of thiol groups is 1. The van der Waals surface area contributed by atoms with E-state index in [0.717, 1.165) is 29.6 Å². The predicted octanol–water partition coefficient (Wildman–Crippen LogP) is 1.72. The molecule has 1 saturated heterocycles. The normalized spacial score (nSPS) is 15.0. The number of para-hydroxylation sites is 1. The lowest BCUT2D eigenvalue weighted by atomic mass is 10.3. The second kappa shape index (κ2) is 5.46. The monoisotopic (exact) mass is 239 g/mol. The zero-order valence-corrected chi connectivity index (χ0v) is 9.94. The van der Waals surface area contributed by atoms with Gasteiger partial charge in [0.2, 0.25) is 0 Å². The van der Waals surface area contributed by atoms with Crippen molar-refractivity contribution in [3.05, 3.63) is 24.3 Å². The molecule has 2 heterocycles. The molecule has 5 heteroatoms. The number of aromatic nitrogens is 1.